The van der Waals surface area contributed by atoms with E-state index < -0.39 is 5.91 Å². The molecule has 118 valence electrons. The standard InChI is InChI=1S/C17H17N3O3/c1-23-15-5-3-2-4-13(15)20-17(22)14-10-11(8-9-18-14)16(21)19-12-6-7-12/h2-5,8-10,12H,6-7H2,1H3,(H,19,21)(H,20,22). The van der Waals surface area contributed by atoms with E-state index in [9.17, 15) is 9.59 Å². The van der Waals surface area contributed by atoms with Crippen molar-refractivity contribution in [2.24, 2.45) is 0 Å². The molecule has 0 aliphatic heterocycles. The molecule has 0 radical (unpaired) electrons. The Balaban J connectivity index is 1.75. The first-order valence-electron chi connectivity index (χ1n) is 7.38. The molecule has 6 heteroatoms. The first-order chi connectivity index (χ1) is 11.2. The first kappa shape index (κ1) is 15.0. The molecule has 1 saturated carbocycles. The quantitative estimate of drug-likeness (QED) is 0.887. The Labute approximate surface area is 133 Å². The zero-order valence-corrected chi connectivity index (χ0v) is 12.7. The molecule has 2 N–H and O–H groups in total. The monoisotopic (exact) mass is 311 g/mol. The van der Waals surface area contributed by atoms with E-state index in [0.717, 1.165) is 12.8 Å². The molecular formula is C17H17N3O3. The number of ether oxygens (including phenoxy) is 1. The highest BCUT2D eigenvalue weighted by atomic mass is 16.5. The summed E-state index contributed by atoms with van der Waals surface area (Å²) in [6.45, 7) is 0. The van der Waals surface area contributed by atoms with E-state index in [2.05, 4.69) is 15.6 Å². The van der Waals surface area contributed by atoms with Crippen LogP contribution in [0.5, 0.6) is 5.75 Å². The van der Waals surface area contributed by atoms with Gasteiger partial charge in [0.05, 0.1) is 12.8 Å². The van der Waals surface area contributed by atoms with Crippen molar-refractivity contribution < 1.29 is 14.3 Å². The van der Waals surface area contributed by atoms with Crippen molar-refractivity contribution in [3.8, 4) is 5.75 Å². The SMILES string of the molecule is COc1ccccc1NC(=O)c1cc(C(=O)NC2CC2)ccn1. The minimum Gasteiger partial charge on any atom is -0.495 e. The molecule has 0 bridgehead atoms. The van der Waals surface area contributed by atoms with Crippen LogP contribution in [0.4, 0.5) is 5.69 Å². The van der Waals surface area contributed by atoms with Gasteiger partial charge in [-0.05, 0) is 37.1 Å². The molecule has 3 rings (SSSR count). The Bertz CT molecular complexity index is 741. The maximum atomic E-state index is 12.3. The van der Waals surface area contributed by atoms with Gasteiger partial charge >= 0.3 is 0 Å². The third kappa shape index (κ3) is 3.66. The zero-order valence-electron chi connectivity index (χ0n) is 12.7. The molecule has 2 aromatic rings. The van der Waals surface area contributed by atoms with E-state index in [1.165, 1.54) is 19.4 Å². The lowest BCUT2D eigenvalue weighted by Gasteiger charge is -2.10. The van der Waals surface area contributed by atoms with Gasteiger partial charge in [0.2, 0.25) is 0 Å². The third-order valence-electron chi connectivity index (χ3n) is 3.52. The molecule has 2 amide bonds. The fourth-order valence-corrected chi connectivity index (χ4v) is 2.13. The molecule has 1 fully saturated rings. The molecule has 6 nitrogen and oxygen atoms in total. The van der Waals surface area contributed by atoms with Gasteiger partial charge in [-0.15, -0.1) is 0 Å². The number of nitrogens with one attached hydrogen (secondary N) is 2. The average Bonchev–Trinajstić information content (AvgIpc) is 3.39. The minimum atomic E-state index is -0.393. The number of benzene rings is 1. The second-order valence-electron chi connectivity index (χ2n) is 5.33. The van der Waals surface area contributed by atoms with Gasteiger partial charge in [-0.2, -0.15) is 0 Å². The highest BCUT2D eigenvalue weighted by molar-refractivity contribution is 6.05. The molecular weight excluding hydrogens is 294 g/mol. The molecule has 0 atom stereocenters. The number of carbonyl (C=O) groups is 2. The molecule has 23 heavy (non-hydrogen) atoms. The molecule has 1 heterocycles. The largest absolute Gasteiger partial charge is 0.495 e. The lowest BCUT2D eigenvalue weighted by Crippen LogP contribution is -2.26. The lowest BCUT2D eigenvalue weighted by atomic mass is 10.2. The third-order valence-corrected chi connectivity index (χ3v) is 3.52. The molecule has 1 aliphatic carbocycles. The summed E-state index contributed by atoms with van der Waals surface area (Å²) in [6.07, 6.45) is 3.48. The van der Waals surface area contributed by atoms with Crippen molar-refractivity contribution in [3.05, 3.63) is 53.9 Å². The van der Waals surface area contributed by atoms with Crippen LogP contribution in [-0.2, 0) is 0 Å². The van der Waals surface area contributed by atoms with E-state index in [-0.39, 0.29) is 17.6 Å². The van der Waals surface area contributed by atoms with Gasteiger partial charge in [0.15, 0.2) is 0 Å². The smallest absolute Gasteiger partial charge is 0.274 e. The fraction of sp³-hybridized carbons (Fsp3) is 0.235. The van der Waals surface area contributed by atoms with Crippen LogP contribution in [0.25, 0.3) is 0 Å². The van der Waals surface area contributed by atoms with Crippen LogP contribution >= 0.6 is 0 Å². The van der Waals surface area contributed by atoms with Gasteiger partial charge < -0.3 is 15.4 Å². The van der Waals surface area contributed by atoms with Crippen molar-refractivity contribution in [1.82, 2.24) is 10.3 Å². The summed E-state index contributed by atoms with van der Waals surface area (Å²) in [7, 11) is 1.53. The number of anilines is 1. The number of pyridine rings is 1. The average molecular weight is 311 g/mol. The van der Waals surface area contributed by atoms with E-state index in [4.69, 9.17) is 4.74 Å². The zero-order chi connectivity index (χ0) is 16.2. The number of aromatic nitrogens is 1. The maximum absolute atomic E-state index is 12.3. The fourth-order valence-electron chi connectivity index (χ4n) is 2.13. The first-order valence-corrected chi connectivity index (χ1v) is 7.38. The lowest BCUT2D eigenvalue weighted by molar-refractivity contribution is 0.0951. The molecule has 0 unspecified atom stereocenters. The number of methoxy groups -OCH3 is 1. The van der Waals surface area contributed by atoms with Crippen molar-refractivity contribution in [3.63, 3.8) is 0 Å². The number of hydrogen-bond donors (Lipinski definition) is 2. The summed E-state index contributed by atoms with van der Waals surface area (Å²) in [5.74, 6) is -0.0136. The number of rotatable bonds is 5. The Morgan fingerprint density at radius 2 is 1.96 bits per heavy atom. The second-order valence-corrected chi connectivity index (χ2v) is 5.33. The van der Waals surface area contributed by atoms with Crippen molar-refractivity contribution in [2.45, 2.75) is 18.9 Å². The van der Waals surface area contributed by atoms with Gasteiger partial charge in [-0.3, -0.25) is 14.6 Å². The number of para-hydroxylation sites is 2. The van der Waals surface area contributed by atoms with Crippen LogP contribution in [0.15, 0.2) is 42.6 Å². The van der Waals surface area contributed by atoms with Crippen LogP contribution in [0.2, 0.25) is 0 Å². The summed E-state index contributed by atoms with van der Waals surface area (Å²) >= 11 is 0. The van der Waals surface area contributed by atoms with Crippen LogP contribution < -0.4 is 15.4 Å². The van der Waals surface area contributed by atoms with Gasteiger partial charge in [-0.1, -0.05) is 12.1 Å². The van der Waals surface area contributed by atoms with Crippen LogP contribution in [0.1, 0.15) is 33.7 Å². The normalized spacial score (nSPS) is 13.3. The van der Waals surface area contributed by atoms with Gasteiger partial charge in [0.1, 0.15) is 11.4 Å². The van der Waals surface area contributed by atoms with E-state index in [1.807, 2.05) is 6.07 Å². The molecule has 0 spiro atoms. The minimum absolute atomic E-state index is 0.179. The van der Waals surface area contributed by atoms with Gasteiger partial charge in [0, 0.05) is 17.8 Å². The molecule has 1 aromatic carbocycles. The van der Waals surface area contributed by atoms with Crippen molar-refractivity contribution in [2.75, 3.05) is 12.4 Å². The Morgan fingerprint density at radius 3 is 2.70 bits per heavy atom. The van der Waals surface area contributed by atoms with Crippen molar-refractivity contribution in [1.29, 1.82) is 0 Å². The van der Waals surface area contributed by atoms with Crippen LogP contribution in [-0.4, -0.2) is 29.9 Å². The summed E-state index contributed by atoms with van der Waals surface area (Å²) in [5, 5.41) is 5.62. The highest BCUT2D eigenvalue weighted by Gasteiger charge is 2.24. The molecule has 0 saturated heterocycles. The van der Waals surface area contributed by atoms with Crippen LogP contribution in [0.3, 0.4) is 0 Å². The number of amides is 2. The van der Waals surface area contributed by atoms with E-state index in [1.54, 1.807) is 24.3 Å². The van der Waals surface area contributed by atoms with Crippen molar-refractivity contribution >= 4 is 17.5 Å². The molecule has 1 aliphatic rings. The number of nitrogens with zero attached hydrogens (tertiary/aromatic N) is 1. The van der Waals surface area contributed by atoms with E-state index in [0.29, 0.717) is 17.0 Å². The molecule has 1 aromatic heterocycles. The Morgan fingerprint density at radius 1 is 1.17 bits per heavy atom. The summed E-state index contributed by atoms with van der Waals surface area (Å²) in [4.78, 5) is 28.4. The highest BCUT2D eigenvalue weighted by Crippen LogP contribution is 2.23. The predicted molar refractivity (Wildman–Crippen MR) is 85.7 cm³/mol. The van der Waals surface area contributed by atoms with Gasteiger partial charge in [-0.25, -0.2) is 0 Å². The van der Waals surface area contributed by atoms with Crippen LogP contribution in [0, 0.1) is 0 Å². The summed E-state index contributed by atoms with van der Waals surface area (Å²) in [6, 6.07) is 10.4. The Kier molecular flexibility index (Phi) is 4.23. The topological polar surface area (TPSA) is 80.3 Å². The van der Waals surface area contributed by atoms with E-state index >= 15 is 0 Å². The summed E-state index contributed by atoms with van der Waals surface area (Å²) < 4.78 is 5.20. The predicted octanol–water partition coefficient (Wildman–Crippen LogP) is 2.23. The van der Waals surface area contributed by atoms with Gasteiger partial charge in [0.25, 0.3) is 11.8 Å². The maximum Gasteiger partial charge on any atom is 0.274 e. The number of carbonyl (C=O) groups excluding carboxylic acids is 2. The number of hydrogen-bond acceptors (Lipinski definition) is 4. The Hall–Kier alpha value is -2.89. The second kappa shape index (κ2) is 6.48. The summed E-state index contributed by atoms with van der Waals surface area (Å²) in [5.41, 5.74) is 1.16.